The van der Waals surface area contributed by atoms with Crippen LogP contribution in [0.5, 0.6) is 11.5 Å². The Bertz CT molecular complexity index is 696. The number of nitrogens with one attached hydrogen (secondary N) is 2. The van der Waals surface area contributed by atoms with E-state index >= 15 is 0 Å². The predicted molar refractivity (Wildman–Crippen MR) is 123 cm³/mol. The van der Waals surface area contributed by atoms with E-state index in [9.17, 15) is 0 Å². The second-order valence-electron chi connectivity index (χ2n) is 7.04. The monoisotopic (exact) mass is 501 g/mol. The van der Waals surface area contributed by atoms with Gasteiger partial charge in [0.15, 0.2) is 17.5 Å². The highest BCUT2D eigenvalue weighted by atomic mass is 127. The molecule has 2 aliphatic heterocycles. The quantitative estimate of drug-likeness (QED) is 0.248. The van der Waals surface area contributed by atoms with Gasteiger partial charge in [0.2, 0.25) is 0 Å². The second kappa shape index (κ2) is 10.9. The number of rotatable bonds is 8. The first kappa shape index (κ1) is 22.8. The highest BCUT2D eigenvalue weighted by Crippen LogP contribution is 2.35. The molecule has 0 spiro atoms. The van der Waals surface area contributed by atoms with Gasteiger partial charge in [-0.3, -0.25) is 0 Å². The van der Waals surface area contributed by atoms with E-state index in [0.29, 0.717) is 24.8 Å². The lowest BCUT2D eigenvalue weighted by atomic mass is 9.96. The molecule has 1 aromatic rings. The smallest absolute Gasteiger partial charge is 0.191 e. The summed E-state index contributed by atoms with van der Waals surface area (Å²) in [6.45, 7) is 7.29. The Morgan fingerprint density at radius 3 is 2.71 bits per heavy atom. The Kier molecular flexibility index (Phi) is 8.88. The molecular weight excluding hydrogens is 469 g/mol. The summed E-state index contributed by atoms with van der Waals surface area (Å²) in [5.41, 5.74) is 2.13. The van der Waals surface area contributed by atoms with Crippen molar-refractivity contribution in [3.8, 4) is 11.5 Å². The number of aliphatic imine (C=N–C) groups is 1. The Hall–Kier alpha value is -1.48. The van der Waals surface area contributed by atoms with Gasteiger partial charge in [-0.15, -0.1) is 30.6 Å². The van der Waals surface area contributed by atoms with E-state index in [1.807, 2.05) is 12.1 Å². The lowest BCUT2D eigenvalue weighted by Crippen LogP contribution is -2.47. The molecule has 0 aliphatic carbocycles. The zero-order valence-corrected chi connectivity index (χ0v) is 19.3. The molecule has 0 saturated carbocycles. The fourth-order valence-corrected chi connectivity index (χ4v) is 3.96. The van der Waals surface area contributed by atoms with Crippen molar-refractivity contribution in [2.45, 2.75) is 57.4 Å². The van der Waals surface area contributed by atoms with Gasteiger partial charge in [0.05, 0.1) is 39.0 Å². The van der Waals surface area contributed by atoms with Crippen molar-refractivity contribution in [1.29, 1.82) is 0 Å². The van der Waals surface area contributed by atoms with E-state index < -0.39 is 0 Å². The van der Waals surface area contributed by atoms with Gasteiger partial charge < -0.3 is 24.8 Å². The van der Waals surface area contributed by atoms with Crippen LogP contribution in [0.3, 0.4) is 0 Å². The molecule has 0 aromatic heterocycles. The SMILES string of the molecule is C=CCc1cc(CN=C(NCC)NC2CC3CCC2O3)cc(OC)c1OC.I. The molecule has 2 N–H and O–H groups in total. The third-order valence-corrected chi connectivity index (χ3v) is 5.17. The lowest BCUT2D eigenvalue weighted by Gasteiger charge is -2.22. The predicted octanol–water partition coefficient (Wildman–Crippen LogP) is 3.43. The van der Waals surface area contributed by atoms with Gasteiger partial charge in [-0.1, -0.05) is 6.08 Å². The average Bonchev–Trinajstić information content (AvgIpc) is 3.29. The summed E-state index contributed by atoms with van der Waals surface area (Å²) >= 11 is 0. The second-order valence-corrected chi connectivity index (χ2v) is 7.04. The van der Waals surface area contributed by atoms with Crippen LogP contribution in [0.2, 0.25) is 0 Å². The maximum Gasteiger partial charge on any atom is 0.191 e. The van der Waals surface area contributed by atoms with Crippen LogP contribution in [0.15, 0.2) is 29.8 Å². The molecule has 156 valence electrons. The van der Waals surface area contributed by atoms with Crippen LogP contribution in [0.4, 0.5) is 0 Å². The fourth-order valence-electron chi connectivity index (χ4n) is 3.96. The third kappa shape index (κ3) is 5.31. The summed E-state index contributed by atoms with van der Waals surface area (Å²) in [5, 5.41) is 6.89. The average molecular weight is 501 g/mol. The molecule has 2 bridgehead atoms. The number of guanidine groups is 1. The fraction of sp³-hybridized carbons (Fsp3) is 0.571. The van der Waals surface area contributed by atoms with Gasteiger partial charge in [-0.05, 0) is 50.3 Å². The number of nitrogens with zero attached hydrogens (tertiary/aromatic N) is 1. The lowest BCUT2D eigenvalue weighted by molar-refractivity contribution is 0.0992. The molecule has 2 fully saturated rings. The molecule has 2 heterocycles. The van der Waals surface area contributed by atoms with E-state index in [-0.39, 0.29) is 24.0 Å². The Labute approximate surface area is 185 Å². The Balaban J connectivity index is 0.00000280. The molecular formula is C21H32IN3O3. The molecule has 3 rings (SSSR count). The molecule has 0 amide bonds. The van der Waals surface area contributed by atoms with Crippen molar-refractivity contribution in [1.82, 2.24) is 10.6 Å². The number of allylic oxidation sites excluding steroid dienone is 1. The van der Waals surface area contributed by atoms with Crippen molar-refractivity contribution in [3.05, 3.63) is 35.9 Å². The number of halogens is 1. The summed E-state index contributed by atoms with van der Waals surface area (Å²) in [7, 11) is 3.32. The molecule has 28 heavy (non-hydrogen) atoms. The highest BCUT2D eigenvalue weighted by molar-refractivity contribution is 14.0. The van der Waals surface area contributed by atoms with Crippen LogP contribution in [0, 0.1) is 0 Å². The van der Waals surface area contributed by atoms with Crippen molar-refractivity contribution in [2.75, 3.05) is 20.8 Å². The largest absolute Gasteiger partial charge is 0.493 e. The molecule has 7 heteroatoms. The van der Waals surface area contributed by atoms with Crippen LogP contribution < -0.4 is 20.1 Å². The first-order valence-corrected chi connectivity index (χ1v) is 9.73. The van der Waals surface area contributed by atoms with E-state index in [4.69, 9.17) is 19.2 Å². The summed E-state index contributed by atoms with van der Waals surface area (Å²) in [5.74, 6) is 2.31. The van der Waals surface area contributed by atoms with E-state index in [0.717, 1.165) is 54.4 Å². The van der Waals surface area contributed by atoms with Gasteiger partial charge in [-0.2, -0.15) is 0 Å². The minimum atomic E-state index is 0. The summed E-state index contributed by atoms with van der Waals surface area (Å²) in [6, 6.07) is 4.44. The molecule has 3 atom stereocenters. The molecule has 0 radical (unpaired) electrons. The molecule has 3 unspecified atom stereocenters. The first-order chi connectivity index (χ1) is 13.2. The van der Waals surface area contributed by atoms with Crippen LogP contribution >= 0.6 is 24.0 Å². The summed E-state index contributed by atoms with van der Waals surface area (Å²) in [6.07, 6.45) is 6.72. The Morgan fingerprint density at radius 2 is 2.14 bits per heavy atom. The van der Waals surface area contributed by atoms with Crippen molar-refractivity contribution < 1.29 is 14.2 Å². The van der Waals surface area contributed by atoms with E-state index in [1.54, 1.807) is 14.2 Å². The summed E-state index contributed by atoms with van der Waals surface area (Å²) < 4.78 is 17.0. The minimum absolute atomic E-state index is 0. The van der Waals surface area contributed by atoms with Gasteiger partial charge >= 0.3 is 0 Å². The van der Waals surface area contributed by atoms with Crippen molar-refractivity contribution in [2.24, 2.45) is 4.99 Å². The van der Waals surface area contributed by atoms with Gasteiger partial charge in [0.25, 0.3) is 0 Å². The maximum absolute atomic E-state index is 5.94. The number of ether oxygens (including phenoxy) is 3. The highest BCUT2D eigenvalue weighted by Gasteiger charge is 2.41. The zero-order chi connectivity index (χ0) is 19.2. The molecule has 2 aliphatic rings. The number of fused-ring (bicyclic) bond motifs is 2. The molecule has 1 aromatic carbocycles. The van der Waals surface area contributed by atoms with Crippen LogP contribution in [-0.2, 0) is 17.7 Å². The standard InChI is InChI=1S/C21H31N3O3.HI/c1-5-7-15-10-14(11-19(25-3)20(15)26-4)13-23-21(22-6-2)24-17-12-16-8-9-18(17)27-16;/h5,10-11,16-18H,1,6-9,12-13H2,2-4H3,(H2,22,23,24);1H. The topological polar surface area (TPSA) is 64.1 Å². The van der Waals surface area contributed by atoms with E-state index in [2.05, 4.69) is 30.2 Å². The van der Waals surface area contributed by atoms with Crippen molar-refractivity contribution >= 4 is 29.9 Å². The van der Waals surface area contributed by atoms with Crippen molar-refractivity contribution in [3.63, 3.8) is 0 Å². The maximum atomic E-state index is 5.94. The van der Waals surface area contributed by atoms with Crippen LogP contribution in [0.1, 0.15) is 37.3 Å². The van der Waals surface area contributed by atoms with E-state index in [1.165, 1.54) is 6.42 Å². The number of methoxy groups -OCH3 is 2. The summed E-state index contributed by atoms with van der Waals surface area (Å²) in [4.78, 5) is 4.78. The number of hydrogen-bond donors (Lipinski definition) is 2. The van der Waals surface area contributed by atoms with Gasteiger partial charge in [0, 0.05) is 12.1 Å². The third-order valence-electron chi connectivity index (χ3n) is 5.17. The van der Waals surface area contributed by atoms with Crippen LogP contribution in [-0.4, -0.2) is 45.0 Å². The minimum Gasteiger partial charge on any atom is -0.493 e. The van der Waals surface area contributed by atoms with Crippen LogP contribution in [0.25, 0.3) is 0 Å². The van der Waals surface area contributed by atoms with Gasteiger partial charge in [0.1, 0.15) is 0 Å². The normalized spacial score (nSPS) is 23.1. The zero-order valence-electron chi connectivity index (χ0n) is 17.0. The molecule has 6 nitrogen and oxygen atoms in total. The Morgan fingerprint density at radius 1 is 1.32 bits per heavy atom. The first-order valence-electron chi connectivity index (χ1n) is 9.73. The number of hydrogen-bond acceptors (Lipinski definition) is 4. The number of benzene rings is 1. The van der Waals surface area contributed by atoms with Gasteiger partial charge in [-0.25, -0.2) is 4.99 Å². The molecule has 2 saturated heterocycles.